The number of amides is 2. The lowest BCUT2D eigenvalue weighted by molar-refractivity contribution is 0.252. The average Bonchev–Trinajstić information content (AvgIpc) is 2.41. The highest BCUT2D eigenvalue weighted by Gasteiger charge is 2.10. The molecule has 0 aromatic heterocycles. The molecular weight excluding hydrogens is 280 g/mol. The molecule has 20 heavy (non-hydrogen) atoms. The van der Waals surface area contributed by atoms with Gasteiger partial charge in [-0.1, -0.05) is 31.4 Å². The fourth-order valence-electron chi connectivity index (χ4n) is 1.79. The van der Waals surface area contributed by atoms with Crippen LogP contribution >= 0.6 is 11.6 Å². The van der Waals surface area contributed by atoms with Gasteiger partial charge in [-0.3, -0.25) is 0 Å². The fourth-order valence-corrected chi connectivity index (χ4v) is 2.03. The van der Waals surface area contributed by atoms with Gasteiger partial charge >= 0.3 is 6.03 Å². The molecule has 0 fully saturated rings. The second-order valence-electron chi connectivity index (χ2n) is 4.53. The van der Waals surface area contributed by atoms with Crippen molar-refractivity contribution in [1.82, 2.24) is 5.32 Å². The first-order valence-corrected chi connectivity index (χ1v) is 7.13. The summed E-state index contributed by atoms with van der Waals surface area (Å²) >= 11 is 5.88. The summed E-state index contributed by atoms with van der Waals surface area (Å²) in [4.78, 5) is 11.7. The van der Waals surface area contributed by atoms with Crippen LogP contribution in [-0.2, 0) is 6.42 Å². The molecule has 0 unspecified atom stereocenters. The third kappa shape index (κ3) is 5.27. The van der Waals surface area contributed by atoms with Gasteiger partial charge in [-0.15, -0.1) is 0 Å². The molecule has 1 aromatic carbocycles. The number of hydrogen-bond donors (Lipinski definition) is 4. The van der Waals surface area contributed by atoms with Gasteiger partial charge in [-0.2, -0.15) is 0 Å². The van der Waals surface area contributed by atoms with Crippen molar-refractivity contribution < 1.29 is 15.0 Å². The summed E-state index contributed by atoms with van der Waals surface area (Å²) in [5, 5.41) is 24.2. The summed E-state index contributed by atoms with van der Waals surface area (Å²) in [5.74, 6) is -0.0605. The minimum absolute atomic E-state index is 0.0605. The van der Waals surface area contributed by atoms with E-state index in [1.807, 2.05) is 0 Å². The number of rotatable bonds is 7. The topological polar surface area (TPSA) is 81.6 Å². The van der Waals surface area contributed by atoms with Crippen LogP contribution in [0.2, 0.25) is 5.02 Å². The number of aromatic hydroxyl groups is 1. The number of aliphatic hydroxyl groups excluding tert-OH is 1. The predicted molar refractivity (Wildman–Crippen MR) is 80.5 cm³/mol. The molecule has 0 bridgehead atoms. The van der Waals surface area contributed by atoms with E-state index in [-0.39, 0.29) is 29.8 Å². The van der Waals surface area contributed by atoms with Crippen molar-refractivity contribution in [2.45, 2.75) is 32.6 Å². The van der Waals surface area contributed by atoms with Crippen LogP contribution in [0, 0.1) is 0 Å². The van der Waals surface area contributed by atoms with E-state index in [0.29, 0.717) is 17.8 Å². The number of benzene rings is 1. The normalized spacial score (nSPS) is 10.3. The van der Waals surface area contributed by atoms with E-state index >= 15 is 0 Å². The minimum Gasteiger partial charge on any atom is -0.506 e. The molecule has 0 aliphatic heterocycles. The maximum Gasteiger partial charge on any atom is 0.319 e. The van der Waals surface area contributed by atoms with Crippen molar-refractivity contribution in [3.8, 4) is 5.75 Å². The zero-order valence-electron chi connectivity index (χ0n) is 11.6. The molecule has 0 aliphatic rings. The van der Waals surface area contributed by atoms with Crippen LogP contribution in [0.3, 0.4) is 0 Å². The highest BCUT2D eigenvalue weighted by atomic mass is 35.5. The molecule has 4 N–H and O–H groups in total. The third-order valence-corrected chi connectivity index (χ3v) is 3.14. The summed E-state index contributed by atoms with van der Waals surface area (Å²) in [6.45, 7) is 2.62. The zero-order chi connectivity index (χ0) is 15.0. The van der Waals surface area contributed by atoms with E-state index in [9.17, 15) is 9.90 Å². The van der Waals surface area contributed by atoms with Crippen molar-refractivity contribution in [1.29, 1.82) is 0 Å². The van der Waals surface area contributed by atoms with Crippen LogP contribution in [0.4, 0.5) is 10.5 Å². The van der Waals surface area contributed by atoms with Gasteiger partial charge in [0.15, 0.2) is 0 Å². The number of anilines is 1. The quantitative estimate of drug-likeness (QED) is 0.462. The lowest BCUT2D eigenvalue weighted by Gasteiger charge is -2.11. The Bertz CT molecular complexity index is 452. The highest BCUT2D eigenvalue weighted by molar-refractivity contribution is 6.32. The Hall–Kier alpha value is -1.46. The maximum atomic E-state index is 11.7. The van der Waals surface area contributed by atoms with E-state index in [1.54, 1.807) is 6.07 Å². The first-order chi connectivity index (χ1) is 9.58. The van der Waals surface area contributed by atoms with Gasteiger partial charge < -0.3 is 20.8 Å². The van der Waals surface area contributed by atoms with Gasteiger partial charge in [0.2, 0.25) is 0 Å². The highest BCUT2D eigenvalue weighted by Crippen LogP contribution is 2.31. The SMILES string of the molecule is CCCCCNC(=O)Nc1cc(Cl)c(O)c(CCO)c1. The number of aliphatic hydroxyl groups is 1. The minimum atomic E-state index is -0.308. The van der Waals surface area contributed by atoms with Crippen LogP contribution in [0.5, 0.6) is 5.75 Å². The van der Waals surface area contributed by atoms with Crippen molar-refractivity contribution >= 4 is 23.3 Å². The second-order valence-corrected chi connectivity index (χ2v) is 4.93. The molecule has 1 aromatic rings. The number of unbranched alkanes of at least 4 members (excludes halogenated alkanes) is 2. The standard InChI is InChI=1S/C14H21ClN2O3/c1-2-3-4-6-16-14(20)17-11-8-10(5-7-18)13(19)12(15)9-11/h8-9,18-19H,2-7H2,1H3,(H2,16,17,20). The maximum absolute atomic E-state index is 11.7. The number of phenols is 1. The fraction of sp³-hybridized carbons (Fsp3) is 0.500. The molecule has 0 atom stereocenters. The molecule has 1 rings (SSSR count). The molecule has 0 radical (unpaired) electrons. The third-order valence-electron chi connectivity index (χ3n) is 2.85. The Morgan fingerprint density at radius 2 is 2.10 bits per heavy atom. The molecule has 2 amide bonds. The Morgan fingerprint density at radius 1 is 1.35 bits per heavy atom. The van der Waals surface area contributed by atoms with Gasteiger partial charge in [-0.25, -0.2) is 4.79 Å². The molecule has 0 heterocycles. The molecule has 0 saturated carbocycles. The summed E-state index contributed by atoms with van der Waals surface area (Å²) in [6, 6.07) is 2.77. The van der Waals surface area contributed by atoms with E-state index in [0.717, 1.165) is 19.3 Å². The molecule has 0 aliphatic carbocycles. The zero-order valence-corrected chi connectivity index (χ0v) is 12.3. The summed E-state index contributed by atoms with van der Waals surface area (Å²) < 4.78 is 0. The van der Waals surface area contributed by atoms with E-state index in [4.69, 9.17) is 16.7 Å². The number of carbonyl (C=O) groups excluding carboxylic acids is 1. The number of phenolic OH excluding ortho intramolecular Hbond substituents is 1. The predicted octanol–water partition coefficient (Wildman–Crippen LogP) is 2.89. The number of carbonyl (C=O) groups is 1. The van der Waals surface area contributed by atoms with E-state index in [2.05, 4.69) is 17.6 Å². The summed E-state index contributed by atoms with van der Waals surface area (Å²) in [5.41, 5.74) is 0.991. The molecular formula is C14H21ClN2O3. The molecule has 5 nitrogen and oxygen atoms in total. The van der Waals surface area contributed by atoms with Crippen LogP contribution < -0.4 is 10.6 Å². The van der Waals surface area contributed by atoms with E-state index in [1.165, 1.54) is 6.07 Å². The van der Waals surface area contributed by atoms with Gasteiger partial charge in [-0.05, 0) is 30.5 Å². The number of hydrogen-bond acceptors (Lipinski definition) is 3. The molecule has 6 heteroatoms. The van der Waals surface area contributed by atoms with Gasteiger partial charge in [0.05, 0.1) is 5.02 Å². The van der Waals surface area contributed by atoms with Crippen LogP contribution in [0.25, 0.3) is 0 Å². The van der Waals surface area contributed by atoms with Gasteiger partial charge in [0.1, 0.15) is 5.75 Å². The largest absolute Gasteiger partial charge is 0.506 e. The van der Waals surface area contributed by atoms with Crippen molar-refractivity contribution in [2.75, 3.05) is 18.5 Å². The van der Waals surface area contributed by atoms with Gasteiger partial charge in [0, 0.05) is 18.8 Å². The Kier molecular flexibility index (Phi) is 7.18. The smallest absolute Gasteiger partial charge is 0.319 e. The van der Waals surface area contributed by atoms with E-state index < -0.39 is 0 Å². The summed E-state index contributed by atoms with van der Waals surface area (Å²) in [7, 11) is 0. The van der Waals surface area contributed by atoms with Crippen molar-refractivity contribution in [3.63, 3.8) is 0 Å². The first kappa shape index (κ1) is 16.6. The van der Waals surface area contributed by atoms with Crippen molar-refractivity contribution in [2.24, 2.45) is 0 Å². The average molecular weight is 301 g/mol. The van der Waals surface area contributed by atoms with Crippen molar-refractivity contribution in [3.05, 3.63) is 22.7 Å². The Labute approximate surface area is 124 Å². The lowest BCUT2D eigenvalue weighted by atomic mass is 10.1. The lowest BCUT2D eigenvalue weighted by Crippen LogP contribution is -2.29. The molecule has 0 saturated heterocycles. The van der Waals surface area contributed by atoms with Gasteiger partial charge in [0.25, 0.3) is 0 Å². The molecule has 0 spiro atoms. The molecule has 112 valence electrons. The van der Waals surface area contributed by atoms with Crippen LogP contribution in [0.15, 0.2) is 12.1 Å². The number of urea groups is 1. The van der Waals surface area contributed by atoms with Crippen LogP contribution in [-0.4, -0.2) is 29.4 Å². The number of nitrogens with one attached hydrogen (secondary N) is 2. The summed E-state index contributed by atoms with van der Waals surface area (Å²) in [6.07, 6.45) is 3.39. The monoisotopic (exact) mass is 300 g/mol. The Balaban J connectivity index is 2.60. The first-order valence-electron chi connectivity index (χ1n) is 6.75. The van der Waals surface area contributed by atoms with Crippen LogP contribution in [0.1, 0.15) is 31.7 Å². The second kappa shape index (κ2) is 8.66. The number of halogens is 1. The Morgan fingerprint density at radius 3 is 2.75 bits per heavy atom.